The molecular formula is C13H18BrNO2. The summed E-state index contributed by atoms with van der Waals surface area (Å²) in [5, 5.41) is 0. The van der Waals surface area contributed by atoms with E-state index in [4.69, 9.17) is 9.57 Å². The van der Waals surface area contributed by atoms with Crippen molar-refractivity contribution in [2.45, 2.75) is 38.8 Å². The first-order valence-electron chi connectivity index (χ1n) is 5.93. The number of halogens is 1. The third kappa shape index (κ3) is 2.34. The monoisotopic (exact) mass is 299 g/mol. The Balaban J connectivity index is 2.39. The number of nitrogens with one attached hydrogen (secondary N) is 1. The number of benzene rings is 1. The number of ether oxygens (including phenoxy) is 1. The second-order valence-electron chi connectivity index (χ2n) is 4.35. The van der Waals surface area contributed by atoms with Crippen molar-refractivity contribution < 1.29 is 9.57 Å². The van der Waals surface area contributed by atoms with Crippen LogP contribution in [-0.4, -0.2) is 13.2 Å². The van der Waals surface area contributed by atoms with Crippen LogP contribution in [0.25, 0.3) is 0 Å². The normalized spacial score (nSPS) is 22.4. The summed E-state index contributed by atoms with van der Waals surface area (Å²) in [5.41, 5.74) is 5.39. The van der Waals surface area contributed by atoms with E-state index in [1.165, 1.54) is 11.1 Å². The molecule has 4 heteroatoms. The topological polar surface area (TPSA) is 30.5 Å². The van der Waals surface area contributed by atoms with Gasteiger partial charge in [-0.05, 0) is 25.0 Å². The summed E-state index contributed by atoms with van der Waals surface area (Å²) in [6.45, 7) is 4.24. The average Bonchev–Trinajstić information content (AvgIpc) is 2.66. The summed E-state index contributed by atoms with van der Waals surface area (Å²) >= 11 is 3.59. The van der Waals surface area contributed by atoms with Crippen LogP contribution in [0.1, 0.15) is 36.9 Å². The first kappa shape index (κ1) is 12.9. The largest absolute Gasteiger partial charge is 0.488 e. The highest BCUT2D eigenvalue weighted by Gasteiger charge is 2.36. The summed E-state index contributed by atoms with van der Waals surface area (Å²) in [4.78, 5) is 5.10. The van der Waals surface area contributed by atoms with Crippen LogP contribution in [0.2, 0.25) is 0 Å². The Hall–Kier alpha value is -0.580. The highest BCUT2D eigenvalue weighted by molar-refractivity contribution is 9.10. The first-order chi connectivity index (χ1) is 8.19. The number of aryl methyl sites for hydroxylation is 1. The summed E-state index contributed by atoms with van der Waals surface area (Å²) in [7, 11) is 1.64. The van der Waals surface area contributed by atoms with Gasteiger partial charge in [0.1, 0.15) is 11.9 Å². The van der Waals surface area contributed by atoms with E-state index in [9.17, 15) is 0 Å². The van der Waals surface area contributed by atoms with E-state index in [1.807, 2.05) is 0 Å². The van der Waals surface area contributed by atoms with Gasteiger partial charge in [0.05, 0.1) is 13.2 Å². The van der Waals surface area contributed by atoms with Crippen molar-refractivity contribution in [3.8, 4) is 5.75 Å². The summed E-state index contributed by atoms with van der Waals surface area (Å²) in [6, 6.07) is 4.24. The Bertz CT molecular complexity index is 409. The number of hydroxylamine groups is 1. The van der Waals surface area contributed by atoms with Crippen molar-refractivity contribution in [2.24, 2.45) is 0 Å². The molecule has 1 aliphatic heterocycles. The highest BCUT2D eigenvalue weighted by Crippen LogP contribution is 2.44. The molecule has 0 saturated carbocycles. The van der Waals surface area contributed by atoms with E-state index in [0.29, 0.717) is 0 Å². The molecule has 0 fully saturated rings. The first-order valence-corrected chi connectivity index (χ1v) is 6.72. The molecule has 2 rings (SSSR count). The minimum Gasteiger partial charge on any atom is -0.488 e. The number of fused-ring (bicyclic) bond motifs is 1. The van der Waals surface area contributed by atoms with Crippen LogP contribution in [0.4, 0.5) is 0 Å². The van der Waals surface area contributed by atoms with Crippen molar-refractivity contribution in [2.75, 3.05) is 7.11 Å². The lowest BCUT2D eigenvalue weighted by molar-refractivity contribution is 0.0267. The van der Waals surface area contributed by atoms with Crippen LogP contribution in [0.15, 0.2) is 16.6 Å². The zero-order valence-electron chi connectivity index (χ0n) is 10.4. The van der Waals surface area contributed by atoms with Crippen LogP contribution < -0.4 is 10.2 Å². The smallest absolute Gasteiger partial charge is 0.128 e. The van der Waals surface area contributed by atoms with Crippen molar-refractivity contribution in [3.63, 3.8) is 0 Å². The van der Waals surface area contributed by atoms with E-state index in [0.717, 1.165) is 23.1 Å². The maximum Gasteiger partial charge on any atom is 0.128 e. The maximum absolute atomic E-state index is 6.05. The predicted molar refractivity (Wildman–Crippen MR) is 71.1 cm³/mol. The van der Waals surface area contributed by atoms with Gasteiger partial charge in [0.15, 0.2) is 0 Å². The molecule has 0 radical (unpaired) electrons. The van der Waals surface area contributed by atoms with Gasteiger partial charge in [-0.15, -0.1) is 0 Å². The van der Waals surface area contributed by atoms with Crippen molar-refractivity contribution in [1.82, 2.24) is 5.48 Å². The van der Waals surface area contributed by atoms with Gasteiger partial charge in [0.2, 0.25) is 0 Å². The van der Waals surface area contributed by atoms with Crippen LogP contribution in [-0.2, 0) is 4.84 Å². The number of rotatable bonds is 4. The highest BCUT2D eigenvalue weighted by atomic mass is 79.9. The van der Waals surface area contributed by atoms with Gasteiger partial charge < -0.3 is 9.57 Å². The summed E-state index contributed by atoms with van der Waals surface area (Å²) < 4.78 is 7.13. The maximum atomic E-state index is 6.05. The van der Waals surface area contributed by atoms with E-state index in [2.05, 4.69) is 47.4 Å². The minimum atomic E-state index is 0.101. The van der Waals surface area contributed by atoms with Crippen LogP contribution in [0, 0.1) is 6.92 Å². The molecule has 3 nitrogen and oxygen atoms in total. The lowest BCUT2D eigenvalue weighted by atomic mass is 10.00. The molecule has 2 atom stereocenters. The van der Waals surface area contributed by atoms with Gasteiger partial charge in [-0.2, -0.15) is 5.48 Å². The minimum absolute atomic E-state index is 0.101. The predicted octanol–water partition coefficient (Wildman–Crippen LogP) is 3.51. The van der Waals surface area contributed by atoms with Gasteiger partial charge in [-0.25, -0.2) is 0 Å². The third-order valence-corrected chi connectivity index (χ3v) is 3.80. The quantitative estimate of drug-likeness (QED) is 0.863. The second kappa shape index (κ2) is 5.38. The molecule has 0 spiro atoms. The molecule has 1 heterocycles. The van der Waals surface area contributed by atoms with Crippen LogP contribution >= 0.6 is 15.9 Å². The molecule has 1 N–H and O–H groups in total. The zero-order valence-corrected chi connectivity index (χ0v) is 12.0. The van der Waals surface area contributed by atoms with Gasteiger partial charge in [-0.1, -0.05) is 35.3 Å². The standard InChI is InChI=1S/C13H18BrNO2/c1-4-5-10-12(15-16-3)11-9(14)7-6-8(2)13(11)17-10/h6-7,10,12,15H,4-5H2,1-3H3. The van der Waals surface area contributed by atoms with Crippen LogP contribution in [0.5, 0.6) is 5.75 Å². The Labute approximate surface area is 111 Å². The average molecular weight is 300 g/mol. The van der Waals surface area contributed by atoms with Gasteiger partial charge in [-0.3, -0.25) is 0 Å². The number of hydrogen-bond acceptors (Lipinski definition) is 3. The Morgan fingerprint density at radius 1 is 1.47 bits per heavy atom. The molecule has 0 aromatic heterocycles. The van der Waals surface area contributed by atoms with Gasteiger partial charge in [0, 0.05) is 10.0 Å². The second-order valence-corrected chi connectivity index (χ2v) is 5.21. The van der Waals surface area contributed by atoms with E-state index < -0.39 is 0 Å². The zero-order chi connectivity index (χ0) is 12.4. The van der Waals surface area contributed by atoms with Gasteiger partial charge >= 0.3 is 0 Å². The van der Waals surface area contributed by atoms with E-state index >= 15 is 0 Å². The molecule has 94 valence electrons. The fourth-order valence-corrected chi connectivity index (χ4v) is 2.87. The third-order valence-electron chi connectivity index (χ3n) is 3.11. The molecule has 0 bridgehead atoms. The lowest BCUT2D eigenvalue weighted by Gasteiger charge is -2.18. The van der Waals surface area contributed by atoms with Gasteiger partial charge in [0.25, 0.3) is 0 Å². The molecule has 1 aromatic carbocycles. The molecular weight excluding hydrogens is 282 g/mol. The SMILES string of the molecule is CCCC1Oc2c(C)ccc(Br)c2C1NOC. The Morgan fingerprint density at radius 3 is 2.88 bits per heavy atom. The van der Waals surface area contributed by atoms with Crippen LogP contribution in [0.3, 0.4) is 0 Å². The molecule has 1 aliphatic rings. The summed E-state index contributed by atoms with van der Waals surface area (Å²) in [5.74, 6) is 0.993. The fourth-order valence-electron chi connectivity index (χ4n) is 2.31. The van der Waals surface area contributed by atoms with Crippen molar-refractivity contribution >= 4 is 15.9 Å². The lowest BCUT2D eigenvalue weighted by Crippen LogP contribution is -2.30. The molecule has 0 saturated heterocycles. The van der Waals surface area contributed by atoms with E-state index in [-0.39, 0.29) is 12.1 Å². The summed E-state index contributed by atoms with van der Waals surface area (Å²) in [6.07, 6.45) is 2.26. The molecule has 17 heavy (non-hydrogen) atoms. The molecule has 0 aliphatic carbocycles. The Morgan fingerprint density at radius 2 is 2.24 bits per heavy atom. The molecule has 1 aromatic rings. The molecule has 2 unspecified atom stereocenters. The Kier molecular flexibility index (Phi) is 4.07. The van der Waals surface area contributed by atoms with E-state index in [1.54, 1.807) is 7.11 Å². The fraction of sp³-hybridized carbons (Fsp3) is 0.538. The molecule has 0 amide bonds. The number of hydrogen-bond donors (Lipinski definition) is 1. The van der Waals surface area contributed by atoms with Crippen molar-refractivity contribution in [3.05, 3.63) is 27.7 Å². The van der Waals surface area contributed by atoms with Crippen molar-refractivity contribution in [1.29, 1.82) is 0 Å².